The topological polar surface area (TPSA) is 62.2 Å². The molecule has 0 fully saturated rings. The normalized spacial score (nSPS) is 11.8. The molecule has 1 amide bonds. The average molecular weight is 311 g/mol. The van der Waals surface area contributed by atoms with Gasteiger partial charge < -0.3 is 10.4 Å². The van der Waals surface area contributed by atoms with Gasteiger partial charge in [0.1, 0.15) is 5.15 Å². The van der Waals surface area contributed by atoms with Crippen molar-refractivity contribution in [3.63, 3.8) is 0 Å². The highest BCUT2D eigenvalue weighted by Crippen LogP contribution is 2.18. The van der Waals surface area contributed by atoms with Crippen LogP contribution in [0.5, 0.6) is 0 Å². The largest absolute Gasteiger partial charge is 0.388 e. The molecule has 0 unspecified atom stereocenters. The van der Waals surface area contributed by atoms with Crippen LogP contribution in [-0.4, -0.2) is 28.1 Å². The van der Waals surface area contributed by atoms with Gasteiger partial charge in [0.25, 0.3) is 0 Å². The first-order chi connectivity index (χ1) is 9.99. The van der Waals surface area contributed by atoms with E-state index in [1.807, 2.05) is 13.8 Å². The molecule has 1 aromatic rings. The van der Waals surface area contributed by atoms with E-state index in [1.165, 1.54) is 6.08 Å². The fraction of sp³-hybridized carbons (Fsp3) is 0.500. The van der Waals surface area contributed by atoms with Crippen LogP contribution in [0, 0.1) is 0 Å². The number of halogens is 1. The van der Waals surface area contributed by atoms with Gasteiger partial charge in [0.15, 0.2) is 0 Å². The van der Waals surface area contributed by atoms with Gasteiger partial charge in [-0.2, -0.15) is 0 Å². The molecular formula is C16H23ClN2O2. The van der Waals surface area contributed by atoms with Crippen LogP contribution in [0.1, 0.15) is 45.1 Å². The van der Waals surface area contributed by atoms with Crippen LogP contribution in [0.3, 0.4) is 0 Å². The van der Waals surface area contributed by atoms with Crippen molar-refractivity contribution in [1.82, 2.24) is 10.3 Å². The highest BCUT2D eigenvalue weighted by atomic mass is 35.5. The van der Waals surface area contributed by atoms with E-state index in [4.69, 9.17) is 11.6 Å². The molecular weight excluding hydrogens is 288 g/mol. The molecule has 0 aliphatic carbocycles. The fourth-order valence-electron chi connectivity index (χ4n) is 2.24. The molecule has 0 aliphatic heterocycles. The molecule has 1 rings (SSSR count). The van der Waals surface area contributed by atoms with E-state index in [-0.39, 0.29) is 12.5 Å². The Morgan fingerprint density at radius 2 is 2.10 bits per heavy atom. The molecule has 1 aromatic heterocycles. The van der Waals surface area contributed by atoms with Crippen LogP contribution in [0.25, 0.3) is 6.08 Å². The van der Waals surface area contributed by atoms with E-state index in [0.717, 1.165) is 18.4 Å². The molecule has 4 nitrogen and oxygen atoms in total. The molecule has 21 heavy (non-hydrogen) atoms. The summed E-state index contributed by atoms with van der Waals surface area (Å²) in [4.78, 5) is 15.7. The summed E-state index contributed by atoms with van der Waals surface area (Å²) >= 11 is 5.77. The number of aliphatic hydroxyl groups is 1. The van der Waals surface area contributed by atoms with Crippen molar-refractivity contribution in [2.24, 2.45) is 0 Å². The Labute approximate surface area is 131 Å². The minimum absolute atomic E-state index is 0.228. The molecule has 116 valence electrons. The standard InChI is InChI=1S/C16H23ClN2O2/c1-3-8-16(21,9-4-2)12-19-15(20)6-5-13-7-10-18-14(17)11-13/h5-7,10-11,21H,3-4,8-9,12H2,1-2H3,(H,19,20)/b6-5+. The van der Waals surface area contributed by atoms with Gasteiger partial charge in [-0.15, -0.1) is 0 Å². The smallest absolute Gasteiger partial charge is 0.244 e. The van der Waals surface area contributed by atoms with Crippen molar-refractivity contribution in [3.05, 3.63) is 35.1 Å². The molecule has 2 N–H and O–H groups in total. The van der Waals surface area contributed by atoms with Crippen molar-refractivity contribution < 1.29 is 9.90 Å². The van der Waals surface area contributed by atoms with Crippen LogP contribution in [0.4, 0.5) is 0 Å². The maximum atomic E-state index is 11.8. The second-order valence-electron chi connectivity index (χ2n) is 5.19. The molecule has 0 aromatic carbocycles. The Morgan fingerprint density at radius 3 is 2.67 bits per heavy atom. The minimum atomic E-state index is -0.813. The Hall–Kier alpha value is -1.39. The summed E-state index contributed by atoms with van der Waals surface area (Å²) in [6.07, 6.45) is 7.83. The predicted molar refractivity (Wildman–Crippen MR) is 86.1 cm³/mol. The van der Waals surface area contributed by atoms with Gasteiger partial charge in [-0.05, 0) is 36.6 Å². The zero-order valence-corrected chi connectivity index (χ0v) is 13.4. The first-order valence-corrected chi connectivity index (χ1v) is 7.66. The Balaban J connectivity index is 2.53. The van der Waals surface area contributed by atoms with Crippen molar-refractivity contribution in [3.8, 4) is 0 Å². The Bertz CT molecular complexity index is 483. The quantitative estimate of drug-likeness (QED) is 0.572. The summed E-state index contributed by atoms with van der Waals surface area (Å²) in [5.41, 5.74) is -0.00463. The number of carbonyl (C=O) groups is 1. The zero-order chi connectivity index (χ0) is 15.7. The summed E-state index contributed by atoms with van der Waals surface area (Å²) in [5.74, 6) is -0.228. The second-order valence-corrected chi connectivity index (χ2v) is 5.57. The lowest BCUT2D eigenvalue weighted by Crippen LogP contribution is -2.42. The highest BCUT2D eigenvalue weighted by Gasteiger charge is 2.24. The lowest BCUT2D eigenvalue weighted by atomic mass is 9.92. The van der Waals surface area contributed by atoms with Crippen LogP contribution in [0.15, 0.2) is 24.4 Å². The third-order valence-electron chi connectivity index (χ3n) is 3.20. The van der Waals surface area contributed by atoms with Crippen molar-refractivity contribution in [2.75, 3.05) is 6.54 Å². The van der Waals surface area contributed by atoms with Gasteiger partial charge in [0.2, 0.25) is 5.91 Å². The molecule has 0 aliphatic rings. The number of nitrogens with one attached hydrogen (secondary N) is 1. The number of carbonyl (C=O) groups excluding carboxylic acids is 1. The number of hydrogen-bond acceptors (Lipinski definition) is 3. The predicted octanol–water partition coefficient (Wildman–Crippen LogP) is 3.20. The molecule has 5 heteroatoms. The summed E-state index contributed by atoms with van der Waals surface area (Å²) < 4.78 is 0. The third-order valence-corrected chi connectivity index (χ3v) is 3.41. The maximum Gasteiger partial charge on any atom is 0.244 e. The second kappa shape index (κ2) is 8.80. The number of nitrogens with zero attached hydrogens (tertiary/aromatic N) is 1. The summed E-state index contributed by atoms with van der Waals surface area (Å²) in [5, 5.41) is 13.6. The molecule has 1 heterocycles. The summed E-state index contributed by atoms with van der Waals surface area (Å²) in [7, 11) is 0. The number of aromatic nitrogens is 1. The number of amides is 1. The first kappa shape index (κ1) is 17.7. The molecule has 0 spiro atoms. The minimum Gasteiger partial charge on any atom is -0.388 e. The Kier molecular flexibility index (Phi) is 7.40. The van der Waals surface area contributed by atoms with Crippen LogP contribution in [0.2, 0.25) is 5.15 Å². The number of rotatable bonds is 8. The Morgan fingerprint density at radius 1 is 1.43 bits per heavy atom. The van der Waals surface area contributed by atoms with Gasteiger partial charge in [-0.25, -0.2) is 4.98 Å². The monoisotopic (exact) mass is 310 g/mol. The lowest BCUT2D eigenvalue weighted by Gasteiger charge is -2.27. The molecule has 0 saturated carbocycles. The average Bonchev–Trinajstić information content (AvgIpc) is 2.44. The van der Waals surface area contributed by atoms with E-state index in [0.29, 0.717) is 18.0 Å². The van der Waals surface area contributed by atoms with Gasteiger partial charge in [-0.1, -0.05) is 38.3 Å². The molecule has 0 atom stereocenters. The SMILES string of the molecule is CCCC(O)(CCC)CNC(=O)/C=C/c1ccnc(Cl)c1. The van der Waals surface area contributed by atoms with E-state index in [1.54, 1.807) is 24.4 Å². The first-order valence-electron chi connectivity index (χ1n) is 7.29. The van der Waals surface area contributed by atoms with E-state index in [9.17, 15) is 9.90 Å². The molecule has 0 radical (unpaired) electrons. The highest BCUT2D eigenvalue weighted by molar-refractivity contribution is 6.29. The van der Waals surface area contributed by atoms with Gasteiger partial charge in [0, 0.05) is 18.8 Å². The molecule has 0 bridgehead atoms. The van der Waals surface area contributed by atoms with Crippen molar-refractivity contribution >= 4 is 23.6 Å². The van der Waals surface area contributed by atoms with E-state index >= 15 is 0 Å². The van der Waals surface area contributed by atoms with Crippen molar-refractivity contribution in [1.29, 1.82) is 0 Å². The van der Waals surface area contributed by atoms with Crippen LogP contribution < -0.4 is 5.32 Å². The summed E-state index contributed by atoms with van der Waals surface area (Å²) in [6.45, 7) is 4.32. The van der Waals surface area contributed by atoms with Crippen LogP contribution in [-0.2, 0) is 4.79 Å². The van der Waals surface area contributed by atoms with E-state index in [2.05, 4.69) is 10.3 Å². The van der Waals surface area contributed by atoms with Gasteiger partial charge in [0.05, 0.1) is 5.60 Å². The van der Waals surface area contributed by atoms with Gasteiger partial charge in [-0.3, -0.25) is 4.79 Å². The lowest BCUT2D eigenvalue weighted by molar-refractivity contribution is -0.117. The number of hydrogen-bond donors (Lipinski definition) is 2. The zero-order valence-electron chi connectivity index (χ0n) is 12.6. The van der Waals surface area contributed by atoms with Crippen LogP contribution >= 0.6 is 11.6 Å². The van der Waals surface area contributed by atoms with E-state index < -0.39 is 5.60 Å². The molecule has 0 saturated heterocycles. The van der Waals surface area contributed by atoms with Gasteiger partial charge >= 0.3 is 0 Å². The fourth-order valence-corrected chi connectivity index (χ4v) is 2.42. The summed E-state index contributed by atoms with van der Waals surface area (Å²) in [6, 6.07) is 3.44. The van der Waals surface area contributed by atoms with Crippen molar-refractivity contribution in [2.45, 2.75) is 45.1 Å². The number of pyridine rings is 1. The maximum absolute atomic E-state index is 11.8. The third kappa shape index (κ3) is 6.74.